The molecule has 2 aromatic carbocycles. The Hall–Kier alpha value is -2.61. The molecule has 2 aromatic rings. The number of β-amino-alcohol motifs (C(OH)–C–C–N with tert-alkyl or cyclic N) is 1. The number of carbonyl (C=O) groups is 2. The van der Waals surface area contributed by atoms with Gasteiger partial charge in [-0.2, -0.15) is 0 Å². The van der Waals surface area contributed by atoms with Gasteiger partial charge in [0.2, 0.25) is 5.91 Å². The zero-order chi connectivity index (χ0) is 22.6. The number of aliphatic hydroxyl groups is 1. The van der Waals surface area contributed by atoms with Gasteiger partial charge in [-0.05, 0) is 50.1 Å². The number of hydrogen-bond donors (Lipinski definition) is 2. The third-order valence-electron chi connectivity index (χ3n) is 6.86. The van der Waals surface area contributed by atoms with E-state index in [1.165, 1.54) is 0 Å². The van der Waals surface area contributed by atoms with E-state index in [1.54, 1.807) is 30.2 Å². The third kappa shape index (κ3) is 3.03. The molecule has 3 aliphatic heterocycles. The topological polar surface area (TPSA) is 82.1 Å². The van der Waals surface area contributed by atoms with Gasteiger partial charge in [0.1, 0.15) is 5.75 Å². The lowest BCUT2D eigenvalue weighted by Gasteiger charge is -2.43. The predicted octanol–water partition coefficient (Wildman–Crippen LogP) is 2.52. The minimum atomic E-state index is -1.36. The van der Waals surface area contributed by atoms with Crippen LogP contribution in [0.4, 0.5) is 5.69 Å². The number of aryl methyl sites for hydroxylation is 1. The SMILES string of the molecule is COc1ccc(C)cc1C1(N2C[C@H](O)C[C@H]2C(=O)N2CCC2)C(=O)Nc2ccc(Cl)cc21. The molecular formula is C24H26ClN3O4. The van der Waals surface area contributed by atoms with E-state index in [2.05, 4.69) is 5.32 Å². The molecule has 0 saturated carbocycles. The minimum absolute atomic E-state index is 0.0536. The van der Waals surface area contributed by atoms with Crippen molar-refractivity contribution in [2.75, 3.05) is 32.1 Å². The maximum atomic E-state index is 13.9. The number of nitrogens with one attached hydrogen (secondary N) is 1. The predicted molar refractivity (Wildman–Crippen MR) is 121 cm³/mol. The van der Waals surface area contributed by atoms with Gasteiger partial charge in [0.05, 0.1) is 19.3 Å². The number of benzene rings is 2. The zero-order valence-electron chi connectivity index (χ0n) is 18.1. The summed E-state index contributed by atoms with van der Waals surface area (Å²) in [5.41, 5.74) is 1.53. The van der Waals surface area contributed by atoms with Crippen LogP contribution < -0.4 is 10.1 Å². The summed E-state index contributed by atoms with van der Waals surface area (Å²) in [6, 6.07) is 10.3. The van der Waals surface area contributed by atoms with Crippen molar-refractivity contribution >= 4 is 29.1 Å². The average molecular weight is 456 g/mol. The van der Waals surface area contributed by atoms with Gasteiger partial charge in [-0.15, -0.1) is 0 Å². The molecule has 2 saturated heterocycles. The fourth-order valence-electron chi connectivity index (χ4n) is 5.24. The largest absolute Gasteiger partial charge is 0.496 e. The van der Waals surface area contributed by atoms with Gasteiger partial charge < -0.3 is 20.1 Å². The Kier molecular flexibility index (Phi) is 5.15. The molecule has 2 N–H and O–H groups in total. The fraction of sp³-hybridized carbons (Fsp3) is 0.417. The number of hydrogen-bond acceptors (Lipinski definition) is 5. The van der Waals surface area contributed by atoms with Crippen molar-refractivity contribution < 1.29 is 19.4 Å². The number of aliphatic hydroxyl groups excluding tert-OH is 1. The smallest absolute Gasteiger partial charge is 0.254 e. The Morgan fingerprint density at radius 3 is 2.69 bits per heavy atom. The van der Waals surface area contributed by atoms with Crippen molar-refractivity contribution in [2.45, 2.75) is 37.5 Å². The van der Waals surface area contributed by atoms with Crippen LogP contribution in [0.1, 0.15) is 29.5 Å². The summed E-state index contributed by atoms with van der Waals surface area (Å²) in [5, 5.41) is 14.2. The highest BCUT2D eigenvalue weighted by Crippen LogP contribution is 2.51. The normalized spacial score (nSPS) is 27.1. The first kappa shape index (κ1) is 21.2. The maximum absolute atomic E-state index is 13.9. The number of ether oxygens (including phenoxy) is 1. The summed E-state index contributed by atoms with van der Waals surface area (Å²) in [4.78, 5) is 31.0. The van der Waals surface area contributed by atoms with E-state index in [0.29, 0.717) is 40.7 Å². The van der Waals surface area contributed by atoms with Crippen LogP contribution in [0.2, 0.25) is 5.02 Å². The number of nitrogens with zero attached hydrogens (tertiary/aromatic N) is 2. The van der Waals surface area contributed by atoms with Crippen molar-refractivity contribution in [3.05, 3.63) is 58.1 Å². The summed E-state index contributed by atoms with van der Waals surface area (Å²) in [6.45, 7) is 3.54. The van der Waals surface area contributed by atoms with Crippen molar-refractivity contribution in [3.8, 4) is 5.75 Å². The fourth-order valence-corrected chi connectivity index (χ4v) is 5.41. The van der Waals surface area contributed by atoms with Crippen LogP contribution in [0.5, 0.6) is 5.75 Å². The lowest BCUT2D eigenvalue weighted by Crippen LogP contribution is -2.59. The molecule has 5 rings (SSSR count). The molecule has 8 heteroatoms. The van der Waals surface area contributed by atoms with E-state index in [-0.39, 0.29) is 24.8 Å². The van der Waals surface area contributed by atoms with Crippen molar-refractivity contribution in [1.82, 2.24) is 9.80 Å². The zero-order valence-corrected chi connectivity index (χ0v) is 18.9. The van der Waals surface area contributed by atoms with Gasteiger partial charge in [0.25, 0.3) is 5.91 Å². The van der Waals surface area contributed by atoms with Gasteiger partial charge in [0, 0.05) is 41.5 Å². The first-order valence-electron chi connectivity index (χ1n) is 10.9. The van der Waals surface area contributed by atoms with Crippen LogP contribution in [-0.2, 0) is 15.1 Å². The summed E-state index contributed by atoms with van der Waals surface area (Å²) >= 11 is 6.39. The number of fused-ring (bicyclic) bond motifs is 1. The molecule has 0 aliphatic carbocycles. The highest BCUT2D eigenvalue weighted by molar-refractivity contribution is 6.31. The number of amides is 2. The third-order valence-corrected chi connectivity index (χ3v) is 7.09. The molecule has 0 spiro atoms. The standard InChI is InChI=1S/C24H26ClN3O4/c1-14-4-7-21(32-2)18(10-14)24(17-11-15(25)5-6-19(17)26-23(24)31)28-13-16(29)12-20(28)22(30)27-8-3-9-27/h4-7,10-11,16,20,29H,3,8-9,12-13H2,1-2H3,(H,26,31)/t16-,20+,24?/m1/s1. The number of rotatable bonds is 4. The van der Waals surface area contributed by atoms with Crippen molar-refractivity contribution in [3.63, 3.8) is 0 Å². The molecule has 7 nitrogen and oxygen atoms in total. The maximum Gasteiger partial charge on any atom is 0.254 e. The van der Waals surface area contributed by atoms with Crippen LogP contribution in [0.25, 0.3) is 0 Å². The van der Waals surface area contributed by atoms with Crippen molar-refractivity contribution in [2.24, 2.45) is 0 Å². The quantitative estimate of drug-likeness (QED) is 0.740. The van der Waals surface area contributed by atoms with Gasteiger partial charge in [-0.1, -0.05) is 23.2 Å². The van der Waals surface area contributed by atoms with E-state index in [1.807, 2.05) is 30.0 Å². The molecule has 2 amide bonds. The molecule has 1 unspecified atom stereocenters. The summed E-state index contributed by atoms with van der Waals surface area (Å²) < 4.78 is 5.70. The molecule has 0 radical (unpaired) electrons. The minimum Gasteiger partial charge on any atom is -0.496 e. The summed E-state index contributed by atoms with van der Waals surface area (Å²) in [6.07, 6.45) is 0.513. The van der Waals surface area contributed by atoms with Crippen LogP contribution in [-0.4, -0.2) is 65.6 Å². The molecule has 0 bridgehead atoms. The monoisotopic (exact) mass is 455 g/mol. The first-order valence-corrected chi connectivity index (χ1v) is 11.2. The Balaban J connectivity index is 1.77. The first-order chi connectivity index (χ1) is 15.4. The Morgan fingerprint density at radius 1 is 1.22 bits per heavy atom. The van der Waals surface area contributed by atoms with Crippen LogP contribution in [0.15, 0.2) is 36.4 Å². The van der Waals surface area contributed by atoms with E-state index in [9.17, 15) is 14.7 Å². The van der Waals surface area contributed by atoms with E-state index < -0.39 is 17.7 Å². The average Bonchev–Trinajstić information content (AvgIpc) is 3.24. The number of anilines is 1. The highest BCUT2D eigenvalue weighted by atomic mass is 35.5. The van der Waals surface area contributed by atoms with E-state index >= 15 is 0 Å². The Labute approximate surface area is 191 Å². The second-order valence-corrected chi connectivity index (χ2v) is 9.23. The molecule has 3 atom stereocenters. The number of likely N-dealkylation sites (tertiary alicyclic amines) is 2. The Morgan fingerprint density at radius 2 is 2.00 bits per heavy atom. The van der Waals surface area contributed by atoms with Gasteiger partial charge >= 0.3 is 0 Å². The van der Waals surface area contributed by atoms with Gasteiger partial charge in [-0.3, -0.25) is 14.5 Å². The van der Waals surface area contributed by atoms with Gasteiger partial charge in [0.15, 0.2) is 5.54 Å². The molecule has 32 heavy (non-hydrogen) atoms. The number of carbonyl (C=O) groups excluding carboxylic acids is 2. The number of methoxy groups -OCH3 is 1. The Bertz CT molecular complexity index is 1100. The van der Waals surface area contributed by atoms with Crippen LogP contribution >= 0.6 is 11.6 Å². The molecule has 3 heterocycles. The second kappa shape index (κ2) is 7.76. The van der Waals surface area contributed by atoms with Crippen LogP contribution in [0.3, 0.4) is 0 Å². The molecule has 3 aliphatic rings. The highest BCUT2D eigenvalue weighted by Gasteiger charge is 2.59. The van der Waals surface area contributed by atoms with Gasteiger partial charge in [-0.25, -0.2) is 0 Å². The molecule has 168 valence electrons. The molecule has 0 aromatic heterocycles. The van der Waals surface area contributed by atoms with E-state index in [0.717, 1.165) is 12.0 Å². The number of halogens is 1. The lowest BCUT2D eigenvalue weighted by atomic mass is 9.80. The van der Waals surface area contributed by atoms with E-state index in [4.69, 9.17) is 16.3 Å². The molecule has 2 fully saturated rings. The van der Waals surface area contributed by atoms with Crippen LogP contribution in [0, 0.1) is 6.92 Å². The summed E-state index contributed by atoms with van der Waals surface area (Å²) in [7, 11) is 1.56. The van der Waals surface area contributed by atoms with Crippen molar-refractivity contribution in [1.29, 1.82) is 0 Å². The second-order valence-electron chi connectivity index (χ2n) is 8.79. The molecular weight excluding hydrogens is 430 g/mol. The lowest BCUT2D eigenvalue weighted by molar-refractivity contribution is -0.143. The summed E-state index contributed by atoms with van der Waals surface area (Å²) in [5.74, 6) is 0.200.